The number of nitrogen functional groups attached to an aromatic ring is 1. The van der Waals surface area contributed by atoms with Crippen LogP contribution in [-0.2, 0) is 0 Å². The fourth-order valence-electron chi connectivity index (χ4n) is 0.502. The maximum atomic E-state index is 5.60. The van der Waals surface area contributed by atoms with Crippen LogP contribution >= 0.6 is 23.2 Å². The van der Waals surface area contributed by atoms with Crippen molar-refractivity contribution in [2.75, 3.05) is 5.73 Å². The van der Waals surface area contributed by atoms with Gasteiger partial charge in [0.05, 0.1) is 24.6 Å². The van der Waals surface area contributed by atoms with Crippen LogP contribution in [0.15, 0.2) is 18.2 Å². The second-order valence-corrected chi connectivity index (χ2v) is 2.51. The summed E-state index contributed by atoms with van der Waals surface area (Å²) in [5.41, 5.74) is 5.95. The summed E-state index contributed by atoms with van der Waals surface area (Å²) in [7, 11) is 0. The van der Waals surface area contributed by atoms with E-state index in [9.17, 15) is 0 Å². The summed E-state index contributed by atoms with van der Waals surface area (Å²) in [6, 6.07) is 4.98. The van der Waals surface area contributed by atoms with E-state index in [1.807, 2.05) is 0 Å². The summed E-state index contributed by atoms with van der Waals surface area (Å²) in [4.78, 5) is 0. The third kappa shape index (κ3) is 3.40. The quantitative estimate of drug-likeness (QED) is 0.493. The molecule has 0 aromatic heterocycles. The molecule has 0 fully saturated rings. The molecule has 0 aliphatic carbocycles. The average molecular weight is 191 g/mol. The first-order valence-electron chi connectivity index (χ1n) is 3.11. The summed E-state index contributed by atoms with van der Waals surface area (Å²) >= 11 is 11.2. The molecule has 0 bridgehead atoms. The van der Waals surface area contributed by atoms with Gasteiger partial charge >= 0.3 is 0 Å². The second-order valence-electron chi connectivity index (χ2n) is 1.67. The molecule has 60 valence electrons. The smallest absolute Gasteiger partial charge is 0.0746 e. The van der Waals surface area contributed by atoms with Crippen LogP contribution in [0.1, 0.15) is 6.92 Å². The van der Waals surface area contributed by atoms with Gasteiger partial charge in [-0.2, -0.15) is 0 Å². The molecule has 0 saturated carbocycles. The Morgan fingerprint density at radius 3 is 2.18 bits per heavy atom. The van der Waals surface area contributed by atoms with Gasteiger partial charge in [-0.05, 0) is 18.2 Å². The molecular formula is C8H10Cl2N+. The van der Waals surface area contributed by atoms with E-state index in [2.05, 4.69) is 6.92 Å². The van der Waals surface area contributed by atoms with E-state index < -0.39 is 0 Å². The highest BCUT2D eigenvalue weighted by Gasteiger charge is 1.93. The number of nitrogens with two attached hydrogens (primary N) is 1. The van der Waals surface area contributed by atoms with Crippen LogP contribution < -0.4 is 5.73 Å². The second kappa shape index (κ2) is 5.16. The van der Waals surface area contributed by atoms with Gasteiger partial charge in [0.1, 0.15) is 0 Å². The third-order valence-electron chi connectivity index (χ3n) is 0.962. The standard InChI is InChI=1S/C6H5Cl2N.C2H5/c7-4-1-2-6(9)5(8)3-4;1-2/h1-3H,9H2;1H2,2H3/q;+1. The predicted octanol–water partition coefficient (Wildman–Crippen LogP) is 3.42. The molecule has 1 rings (SSSR count). The highest BCUT2D eigenvalue weighted by molar-refractivity contribution is 6.36. The molecule has 0 aliphatic heterocycles. The van der Waals surface area contributed by atoms with Gasteiger partial charge in [-0.25, -0.2) is 0 Å². The van der Waals surface area contributed by atoms with E-state index in [0.29, 0.717) is 15.7 Å². The Kier molecular flexibility index (Phi) is 4.92. The van der Waals surface area contributed by atoms with Crippen LogP contribution in [0.25, 0.3) is 0 Å². The lowest BCUT2D eigenvalue weighted by atomic mass is 10.3. The van der Waals surface area contributed by atoms with Crippen LogP contribution in [0.5, 0.6) is 0 Å². The van der Waals surface area contributed by atoms with Crippen molar-refractivity contribution in [2.24, 2.45) is 0 Å². The van der Waals surface area contributed by atoms with Crippen molar-refractivity contribution in [3.05, 3.63) is 35.2 Å². The van der Waals surface area contributed by atoms with Gasteiger partial charge in [0.25, 0.3) is 0 Å². The molecule has 0 amide bonds. The van der Waals surface area contributed by atoms with Crippen molar-refractivity contribution < 1.29 is 0 Å². The maximum absolute atomic E-state index is 5.60. The number of rotatable bonds is 0. The summed E-state index contributed by atoms with van der Waals surface area (Å²) in [5, 5.41) is 1.11. The molecule has 2 N–H and O–H groups in total. The summed E-state index contributed by atoms with van der Waals surface area (Å²) in [5.74, 6) is 0. The van der Waals surface area contributed by atoms with E-state index in [0.717, 1.165) is 0 Å². The highest BCUT2D eigenvalue weighted by Crippen LogP contribution is 2.21. The van der Waals surface area contributed by atoms with Crippen molar-refractivity contribution in [3.63, 3.8) is 0 Å². The summed E-state index contributed by atoms with van der Waals surface area (Å²) < 4.78 is 0. The van der Waals surface area contributed by atoms with Gasteiger partial charge in [0.15, 0.2) is 0 Å². The monoisotopic (exact) mass is 190 g/mol. The normalized spacial score (nSPS) is 8.27. The minimum atomic E-state index is 0.502. The molecule has 0 heterocycles. The van der Waals surface area contributed by atoms with E-state index in [1.165, 1.54) is 0 Å². The minimum Gasteiger partial charge on any atom is -0.398 e. The van der Waals surface area contributed by atoms with Crippen molar-refractivity contribution in [1.29, 1.82) is 0 Å². The molecule has 11 heavy (non-hydrogen) atoms. The van der Waals surface area contributed by atoms with Gasteiger partial charge in [-0.1, -0.05) is 23.2 Å². The fraction of sp³-hybridized carbons (Fsp3) is 0.125. The van der Waals surface area contributed by atoms with Crippen LogP contribution in [0.3, 0.4) is 0 Å². The molecule has 1 aromatic carbocycles. The molecule has 0 unspecified atom stereocenters. The minimum absolute atomic E-state index is 0.502. The van der Waals surface area contributed by atoms with Crippen molar-refractivity contribution >= 4 is 28.9 Å². The molecule has 0 saturated heterocycles. The molecule has 1 aromatic rings. The van der Waals surface area contributed by atoms with Gasteiger partial charge < -0.3 is 5.73 Å². The van der Waals surface area contributed by atoms with E-state index in [1.54, 1.807) is 25.1 Å². The third-order valence-corrected chi connectivity index (χ3v) is 1.52. The summed E-state index contributed by atoms with van der Waals surface area (Å²) in [6.07, 6.45) is 0. The molecular weight excluding hydrogens is 181 g/mol. The maximum Gasteiger partial charge on any atom is 0.0746 e. The first kappa shape index (κ1) is 10.5. The Morgan fingerprint density at radius 1 is 1.27 bits per heavy atom. The number of halogens is 2. The molecule has 0 atom stereocenters. The van der Waals surface area contributed by atoms with Gasteiger partial charge in [-0.3, -0.25) is 0 Å². The Bertz CT molecular complexity index is 223. The van der Waals surface area contributed by atoms with E-state index in [4.69, 9.17) is 28.9 Å². The number of benzene rings is 1. The first-order chi connectivity index (χ1) is 5.20. The van der Waals surface area contributed by atoms with Crippen molar-refractivity contribution in [1.82, 2.24) is 0 Å². The molecule has 3 heteroatoms. The fourth-order valence-corrected chi connectivity index (χ4v) is 0.910. The van der Waals surface area contributed by atoms with Crippen LogP contribution in [0, 0.1) is 6.92 Å². The lowest BCUT2D eigenvalue weighted by molar-refractivity contribution is 1.68. The number of hydrogen-bond acceptors (Lipinski definition) is 1. The largest absolute Gasteiger partial charge is 0.398 e. The molecule has 0 spiro atoms. The number of anilines is 1. The molecule has 0 radical (unpaired) electrons. The predicted molar refractivity (Wildman–Crippen MR) is 51.9 cm³/mol. The van der Waals surface area contributed by atoms with Gasteiger partial charge in [0, 0.05) is 5.02 Å². The Labute approximate surface area is 77.1 Å². The SMILES string of the molecule is Nc1ccc(Cl)cc1Cl.[CH2+]C. The number of hydrogen-bond donors (Lipinski definition) is 1. The van der Waals surface area contributed by atoms with E-state index >= 15 is 0 Å². The van der Waals surface area contributed by atoms with Crippen LogP contribution in [0.2, 0.25) is 10.0 Å². The lowest BCUT2D eigenvalue weighted by Crippen LogP contribution is -1.83. The highest BCUT2D eigenvalue weighted by atomic mass is 35.5. The Morgan fingerprint density at radius 2 is 1.82 bits per heavy atom. The Hall–Kier alpha value is -0.530. The van der Waals surface area contributed by atoms with Crippen molar-refractivity contribution in [3.8, 4) is 0 Å². The zero-order valence-corrected chi connectivity index (χ0v) is 7.78. The molecule has 0 aliphatic rings. The topological polar surface area (TPSA) is 26.0 Å². The zero-order valence-electron chi connectivity index (χ0n) is 6.27. The van der Waals surface area contributed by atoms with Gasteiger partial charge in [-0.15, -0.1) is 0 Å². The van der Waals surface area contributed by atoms with E-state index in [-0.39, 0.29) is 0 Å². The average Bonchev–Trinajstić information content (AvgIpc) is 2.02. The summed E-state index contributed by atoms with van der Waals surface area (Å²) in [6.45, 7) is 5.00. The van der Waals surface area contributed by atoms with Gasteiger partial charge in [0.2, 0.25) is 0 Å². The zero-order chi connectivity index (χ0) is 8.85. The van der Waals surface area contributed by atoms with Crippen LogP contribution in [-0.4, -0.2) is 0 Å². The first-order valence-corrected chi connectivity index (χ1v) is 3.87. The van der Waals surface area contributed by atoms with Crippen molar-refractivity contribution in [2.45, 2.75) is 6.92 Å². The lowest BCUT2D eigenvalue weighted by Gasteiger charge is -1.94. The van der Waals surface area contributed by atoms with Crippen LogP contribution in [0.4, 0.5) is 5.69 Å². The molecule has 1 nitrogen and oxygen atoms in total. The Balaban J connectivity index is 0.000000461.